The van der Waals surface area contributed by atoms with Gasteiger partial charge >= 0.3 is 27.9 Å². The second-order valence-electron chi connectivity index (χ2n) is 2.72. The molecule has 0 aromatic rings. The molecule has 1 heterocycles. The van der Waals surface area contributed by atoms with Crippen LogP contribution in [0.25, 0.3) is 0 Å². The molecule has 12 heavy (non-hydrogen) atoms. The third kappa shape index (κ3) is 5.36. The van der Waals surface area contributed by atoms with Gasteiger partial charge < -0.3 is 14.8 Å². The van der Waals surface area contributed by atoms with Crippen LogP contribution in [0.1, 0.15) is 6.92 Å². The van der Waals surface area contributed by atoms with Gasteiger partial charge in [0.25, 0.3) is 0 Å². The van der Waals surface area contributed by atoms with Crippen molar-refractivity contribution >= 4 is 23.0 Å². The first-order chi connectivity index (χ1) is 5.83. The predicted molar refractivity (Wildman–Crippen MR) is 50.7 cm³/mol. The first kappa shape index (κ1) is 12.7. The van der Waals surface area contributed by atoms with Gasteiger partial charge in [0, 0.05) is 19.7 Å². The first-order valence-electron chi connectivity index (χ1n) is 4.11. The van der Waals surface area contributed by atoms with Gasteiger partial charge in [-0.2, -0.15) is 0 Å². The van der Waals surface area contributed by atoms with Crippen LogP contribution in [0.15, 0.2) is 0 Å². The molecule has 2 radical (unpaired) electrons. The Kier molecular flexibility index (Phi) is 8.79. The third-order valence-corrected chi connectivity index (χ3v) is 1.63. The van der Waals surface area contributed by atoms with Crippen LogP contribution in [-0.2, 0) is 9.47 Å². The van der Waals surface area contributed by atoms with Crippen molar-refractivity contribution in [3.05, 3.63) is 0 Å². The van der Waals surface area contributed by atoms with Crippen LogP contribution in [0.2, 0.25) is 4.87 Å². The summed E-state index contributed by atoms with van der Waals surface area (Å²) >= 11 is 1.75. The Labute approximate surface area is 88.7 Å². The minimum atomic E-state index is 0.251. The summed E-state index contributed by atoms with van der Waals surface area (Å²) in [5, 5.41) is 3.31. The van der Waals surface area contributed by atoms with Gasteiger partial charge in [-0.3, -0.25) is 0 Å². The van der Waals surface area contributed by atoms with E-state index in [1.165, 1.54) is 0 Å². The number of hydrogen-bond donors (Lipinski definition) is 1. The van der Waals surface area contributed by atoms with E-state index in [0.717, 1.165) is 13.2 Å². The van der Waals surface area contributed by atoms with E-state index in [2.05, 4.69) is 17.1 Å². The molecule has 3 nitrogen and oxygen atoms in total. The Balaban J connectivity index is 0.000000561. The Hall–Kier alpha value is 0.698. The zero-order chi connectivity index (χ0) is 9.40. The predicted octanol–water partition coefficient (Wildman–Crippen LogP) is 0.213. The molecule has 1 aliphatic heterocycles. The number of ether oxygens (including phenoxy) is 2. The molecule has 0 saturated carbocycles. The van der Waals surface area contributed by atoms with E-state index < -0.39 is 0 Å². The molecule has 1 rings (SSSR count). The van der Waals surface area contributed by atoms with E-state index in [9.17, 15) is 0 Å². The van der Waals surface area contributed by atoms with E-state index in [1.807, 2.05) is 0 Å². The standard InChI is InChI=1S/C7H15NO2.CH3.Sb/c1-6-4-10-7(3-8-6)5-9-2;;/h6-8H,3-5H2,1-2H3;1H3;. The summed E-state index contributed by atoms with van der Waals surface area (Å²) in [7, 11) is 1.70. The molecule has 2 atom stereocenters. The SMILES string of the molecule is COCC1CNC(C)CO1.[CH3][Sb]. The zero-order valence-electron chi connectivity index (χ0n) is 8.04. The van der Waals surface area contributed by atoms with Crippen LogP contribution in [0.4, 0.5) is 0 Å². The van der Waals surface area contributed by atoms with Gasteiger partial charge in [0.15, 0.2) is 0 Å². The number of hydrogen-bond acceptors (Lipinski definition) is 3. The number of methoxy groups -OCH3 is 1. The van der Waals surface area contributed by atoms with Crippen LogP contribution in [0, 0.1) is 0 Å². The molecule has 0 bridgehead atoms. The minimum absolute atomic E-state index is 0.251. The van der Waals surface area contributed by atoms with E-state index in [-0.39, 0.29) is 6.10 Å². The summed E-state index contributed by atoms with van der Waals surface area (Å²) in [4.78, 5) is 2.05. The topological polar surface area (TPSA) is 30.5 Å². The van der Waals surface area contributed by atoms with Crippen LogP contribution in [-0.4, -0.2) is 62.0 Å². The fraction of sp³-hybridized carbons (Fsp3) is 1.00. The molecule has 4 heteroatoms. The van der Waals surface area contributed by atoms with Crippen molar-refractivity contribution in [3.63, 3.8) is 0 Å². The molecule has 1 aliphatic rings. The van der Waals surface area contributed by atoms with Crippen molar-refractivity contribution in [2.24, 2.45) is 0 Å². The van der Waals surface area contributed by atoms with Crippen LogP contribution < -0.4 is 5.32 Å². The average molecular weight is 282 g/mol. The second-order valence-corrected chi connectivity index (χ2v) is 2.72. The van der Waals surface area contributed by atoms with Crippen LogP contribution in [0.5, 0.6) is 0 Å². The van der Waals surface area contributed by atoms with E-state index in [0.29, 0.717) is 12.6 Å². The number of nitrogens with one attached hydrogen (secondary N) is 1. The van der Waals surface area contributed by atoms with Crippen molar-refractivity contribution in [1.29, 1.82) is 0 Å². The van der Waals surface area contributed by atoms with Gasteiger partial charge in [0.2, 0.25) is 0 Å². The molecule has 1 fully saturated rings. The number of morpholine rings is 1. The van der Waals surface area contributed by atoms with Gasteiger partial charge in [0.05, 0.1) is 19.3 Å². The summed E-state index contributed by atoms with van der Waals surface area (Å²) in [6.07, 6.45) is 0.251. The van der Waals surface area contributed by atoms with Gasteiger partial charge in [-0.25, -0.2) is 0 Å². The average Bonchev–Trinajstić information content (AvgIpc) is 2.13. The molecular formula is C8H18NO2Sb. The molecule has 0 aromatic heterocycles. The Morgan fingerprint density at radius 1 is 1.58 bits per heavy atom. The molecule has 0 aliphatic carbocycles. The van der Waals surface area contributed by atoms with Gasteiger partial charge in [-0.1, -0.05) is 0 Å². The molecule has 72 valence electrons. The van der Waals surface area contributed by atoms with E-state index >= 15 is 0 Å². The zero-order valence-corrected chi connectivity index (χ0v) is 10.6. The second kappa shape index (κ2) is 8.30. The summed E-state index contributed by atoms with van der Waals surface area (Å²) in [6.45, 7) is 4.52. The summed E-state index contributed by atoms with van der Waals surface area (Å²) < 4.78 is 10.4. The Morgan fingerprint density at radius 3 is 2.67 bits per heavy atom. The summed E-state index contributed by atoms with van der Waals surface area (Å²) in [6, 6.07) is 0.494. The van der Waals surface area contributed by atoms with Crippen molar-refractivity contribution < 1.29 is 9.47 Å². The van der Waals surface area contributed by atoms with Gasteiger partial charge in [0.1, 0.15) is 0 Å². The van der Waals surface area contributed by atoms with Crippen LogP contribution in [0.3, 0.4) is 0 Å². The van der Waals surface area contributed by atoms with E-state index in [1.54, 1.807) is 30.1 Å². The fourth-order valence-corrected chi connectivity index (χ4v) is 1.02. The maximum absolute atomic E-state index is 5.44. The Morgan fingerprint density at radius 2 is 2.25 bits per heavy atom. The molecule has 1 saturated heterocycles. The molecule has 0 amide bonds. The van der Waals surface area contributed by atoms with E-state index in [4.69, 9.17) is 9.47 Å². The third-order valence-electron chi connectivity index (χ3n) is 1.63. The molecular weight excluding hydrogens is 264 g/mol. The van der Waals surface area contributed by atoms with Gasteiger partial charge in [-0.05, 0) is 6.92 Å². The van der Waals surface area contributed by atoms with Crippen molar-refractivity contribution in [2.45, 2.75) is 23.9 Å². The quantitative estimate of drug-likeness (QED) is 0.735. The van der Waals surface area contributed by atoms with Gasteiger partial charge in [-0.15, -0.1) is 0 Å². The maximum atomic E-state index is 5.44. The molecule has 1 N–H and O–H groups in total. The monoisotopic (exact) mass is 281 g/mol. The molecule has 0 spiro atoms. The van der Waals surface area contributed by atoms with Crippen molar-refractivity contribution in [3.8, 4) is 0 Å². The summed E-state index contributed by atoms with van der Waals surface area (Å²) in [5.74, 6) is 0. The van der Waals surface area contributed by atoms with Crippen molar-refractivity contribution in [2.75, 3.05) is 26.9 Å². The first-order valence-corrected chi connectivity index (χ1v) is 6.67. The molecule has 0 aromatic carbocycles. The normalized spacial score (nSPS) is 29.0. The fourth-order valence-electron chi connectivity index (χ4n) is 1.02. The number of rotatable bonds is 2. The molecule has 2 unspecified atom stereocenters. The Bertz CT molecular complexity index is 95.1. The van der Waals surface area contributed by atoms with Crippen molar-refractivity contribution in [1.82, 2.24) is 5.32 Å². The summed E-state index contributed by atoms with van der Waals surface area (Å²) in [5.41, 5.74) is 0. The van der Waals surface area contributed by atoms with Crippen LogP contribution >= 0.6 is 0 Å².